The summed E-state index contributed by atoms with van der Waals surface area (Å²) in [7, 11) is 1.70. The highest BCUT2D eigenvalue weighted by atomic mass is 19.1. The van der Waals surface area contributed by atoms with Crippen molar-refractivity contribution in [3.8, 4) is 0 Å². The Kier molecular flexibility index (Phi) is 5.08. The summed E-state index contributed by atoms with van der Waals surface area (Å²) in [5, 5.41) is 0. The van der Waals surface area contributed by atoms with Crippen molar-refractivity contribution in [2.24, 2.45) is 11.7 Å². The minimum Gasteiger partial charge on any atom is -0.370 e. The van der Waals surface area contributed by atoms with Crippen molar-refractivity contribution in [1.82, 2.24) is 0 Å². The fourth-order valence-corrected chi connectivity index (χ4v) is 2.11. The lowest BCUT2D eigenvalue weighted by Gasteiger charge is -2.23. The predicted octanol–water partition coefficient (Wildman–Crippen LogP) is 2.95. The molecule has 0 aliphatic carbocycles. The molecule has 1 atom stereocenters. The second-order valence-electron chi connectivity index (χ2n) is 5.36. The van der Waals surface area contributed by atoms with E-state index in [1.165, 1.54) is 12.1 Å². The van der Waals surface area contributed by atoms with E-state index < -0.39 is 11.6 Å². The van der Waals surface area contributed by atoms with Crippen molar-refractivity contribution < 1.29 is 8.78 Å². The summed E-state index contributed by atoms with van der Waals surface area (Å²) in [6.45, 7) is 6.45. The van der Waals surface area contributed by atoms with Crippen LogP contribution in [0, 0.1) is 17.6 Å². The molecule has 2 nitrogen and oxygen atoms in total. The van der Waals surface area contributed by atoms with Gasteiger partial charge in [0, 0.05) is 19.6 Å². The molecule has 1 rings (SSSR count). The van der Waals surface area contributed by atoms with Crippen LogP contribution in [0.5, 0.6) is 0 Å². The molecular weight excluding hydrogens is 234 g/mol. The smallest absolute Gasteiger partial charge is 0.149 e. The first kappa shape index (κ1) is 14.9. The molecule has 0 aliphatic heterocycles. The van der Waals surface area contributed by atoms with E-state index >= 15 is 0 Å². The minimum absolute atomic E-state index is 0.0390. The average Bonchev–Trinajstić information content (AvgIpc) is 2.12. The number of hydrogen-bond acceptors (Lipinski definition) is 2. The molecule has 0 saturated carbocycles. The van der Waals surface area contributed by atoms with Gasteiger partial charge in [-0.25, -0.2) is 8.78 Å². The lowest BCUT2D eigenvalue weighted by atomic mass is 10.1. The number of anilines is 1. The van der Waals surface area contributed by atoms with Gasteiger partial charge in [0.1, 0.15) is 17.3 Å². The Balaban J connectivity index is 3.00. The first-order chi connectivity index (χ1) is 8.31. The first-order valence-electron chi connectivity index (χ1n) is 6.26. The summed E-state index contributed by atoms with van der Waals surface area (Å²) in [5.74, 6) is -0.694. The highest BCUT2D eigenvalue weighted by Crippen LogP contribution is 2.25. The lowest BCUT2D eigenvalue weighted by Crippen LogP contribution is -2.25. The highest BCUT2D eigenvalue weighted by Gasteiger charge is 2.16. The van der Waals surface area contributed by atoms with Gasteiger partial charge in [-0.05, 0) is 37.0 Å². The summed E-state index contributed by atoms with van der Waals surface area (Å²) < 4.78 is 27.9. The van der Waals surface area contributed by atoms with Crippen LogP contribution in [0.4, 0.5) is 14.5 Å². The molecule has 0 amide bonds. The maximum absolute atomic E-state index is 13.9. The van der Waals surface area contributed by atoms with Crippen molar-refractivity contribution in [3.63, 3.8) is 0 Å². The summed E-state index contributed by atoms with van der Waals surface area (Å²) in [5.41, 5.74) is 6.27. The molecule has 0 saturated heterocycles. The summed E-state index contributed by atoms with van der Waals surface area (Å²) in [6, 6.07) is 2.64. The largest absolute Gasteiger partial charge is 0.370 e. The van der Waals surface area contributed by atoms with Gasteiger partial charge in [0.2, 0.25) is 0 Å². The van der Waals surface area contributed by atoms with Gasteiger partial charge < -0.3 is 10.6 Å². The van der Waals surface area contributed by atoms with Gasteiger partial charge in [-0.3, -0.25) is 0 Å². The van der Waals surface area contributed by atoms with Crippen LogP contribution in [-0.2, 0) is 6.42 Å². The van der Waals surface area contributed by atoms with Gasteiger partial charge in [0.25, 0.3) is 0 Å². The van der Waals surface area contributed by atoms with Crippen LogP contribution >= 0.6 is 0 Å². The molecular formula is C14H22F2N2. The van der Waals surface area contributed by atoms with Crippen molar-refractivity contribution in [2.75, 3.05) is 18.5 Å². The lowest BCUT2D eigenvalue weighted by molar-refractivity contribution is 0.557. The van der Waals surface area contributed by atoms with Gasteiger partial charge in [0.05, 0.1) is 0 Å². The van der Waals surface area contributed by atoms with Crippen molar-refractivity contribution in [3.05, 3.63) is 29.3 Å². The number of nitrogens with two attached hydrogens (primary N) is 1. The fraction of sp³-hybridized carbons (Fsp3) is 0.571. The van der Waals surface area contributed by atoms with E-state index in [4.69, 9.17) is 5.73 Å². The van der Waals surface area contributed by atoms with E-state index in [0.717, 1.165) is 0 Å². The monoisotopic (exact) mass is 256 g/mol. The highest BCUT2D eigenvalue weighted by molar-refractivity contribution is 5.50. The Morgan fingerprint density at radius 2 is 1.67 bits per heavy atom. The molecule has 0 aliphatic rings. The number of halogens is 2. The maximum atomic E-state index is 13.9. The molecule has 0 spiro atoms. The standard InChI is InChI=1S/C14H22F2N2/c1-9(2)8-18(4)14-12(15)6-11(5-10(3)17)7-13(14)16/h6-7,9-10H,5,8,17H2,1-4H3. The van der Waals surface area contributed by atoms with Gasteiger partial charge in [0.15, 0.2) is 0 Å². The van der Waals surface area contributed by atoms with Crippen LogP contribution in [0.15, 0.2) is 12.1 Å². The molecule has 1 aromatic rings. The number of nitrogens with zero attached hydrogens (tertiary/aromatic N) is 1. The molecule has 0 radical (unpaired) electrons. The van der Waals surface area contributed by atoms with E-state index in [-0.39, 0.29) is 11.7 Å². The molecule has 1 aromatic carbocycles. The molecule has 0 bridgehead atoms. The summed E-state index contributed by atoms with van der Waals surface area (Å²) >= 11 is 0. The predicted molar refractivity (Wildman–Crippen MR) is 71.8 cm³/mol. The van der Waals surface area contributed by atoms with Gasteiger partial charge in [-0.1, -0.05) is 13.8 Å². The van der Waals surface area contributed by atoms with Crippen LogP contribution in [0.2, 0.25) is 0 Å². The van der Waals surface area contributed by atoms with Crippen LogP contribution in [0.1, 0.15) is 26.3 Å². The number of benzene rings is 1. The third-order valence-electron chi connectivity index (χ3n) is 2.66. The molecule has 0 aromatic heterocycles. The Labute approximate surface area is 108 Å². The van der Waals surface area contributed by atoms with Crippen molar-refractivity contribution >= 4 is 5.69 Å². The zero-order chi connectivity index (χ0) is 13.9. The maximum Gasteiger partial charge on any atom is 0.149 e. The van der Waals surface area contributed by atoms with Gasteiger partial charge >= 0.3 is 0 Å². The molecule has 18 heavy (non-hydrogen) atoms. The Hall–Kier alpha value is -1.16. The zero-order valence-corrected chi connectivity index (χ0v) is 11.5. The molecule has 2 N–H and O–H groups in total. The second kappa shape index (κ2) is 6.14. The molecule has 0 heterocycles. The average molecular weight is 256 g/mol. The first-order valence-corrected chi connectivity index (χ1v) is 6.26. The normalized spacial score (nSPS) is 12.9. The quantitative estimate of drug-likeness (QED) is 0.877. The second-order valence-corrected chi connectivity index (χ2v) is 5.36. The number of rotatable bonds is 5. The number of hydrogen-bond donors (Lipinski definition) is 1. The summed E-state index contributed by atoms with van der Waals surface area (Å²) in [6.07, 6.45) is 0.474. The van der Waals surface area contributed by atoms with Crippen LogP contribution in [0.3, 0.4) is 0 Å². The van der Waals surface area contributed by atoms with E-state index in [1.807, 2.05) is 20.8 Å². The molecule has 102 valence electrons. The van der Waals surface area contributed by atoms with Crippen LogP contribution < -0.4 is 10.6 Å². The fourth-order valence-electron chi connectivity index (χ4n) is 2.11. The van der Waals surface area contributed by atoms with E-state index in [0.29, 0.717) is 24.4 Å². The Morgan fingerprint density at radius 3 is 2.06 bits per heavy atom. The van der Waals surface area contributed by atoms with Gasteiger partial charge in [-0.2, -0.15) is 0 Å². The Bertz CT molecular complexity index is 380. The van der Waals surface area contributed by atoms with E-state index in [2.05, 4.69) is 0 Å². The van der Waals surface area contributed by atoms with E-state index in [9.17, 15) is 8.78 Å². The summed E-state index contributed by atoms with van der Waals surface area (Å²) in [4.78, 5) is 1.62. The van der Waals surface area contributed by atoms with Crippen molar-refractivity contribution in [1.29, 1.82) is 0 Å². The molecule has 0 fully saturated rings. The van der Waals surface area contributed by atoms with E-state index in [1.54, 1.807) is 11.9 Å². The van der Waals surface area contributed by atoms with Crippen molar-refractivity contribution in [2.45, 2.75) is 33.2 Å². The topological polar surface area (TPSA) is 29.3 Å². The SMILES string of the molecule is CC(C)CN(C)c1c(F)cc(CC(C)N)cc1F. The molecule has 1 unspecified atom stereocenters. The molecule has 4 heteroatoms. The third kappa shape index (κ3) is 3.95. The third-order valence-corrected chi connectivity index (χ3v) is 2.66. The minimum atomic E-state index is -0.520. The Morgan fingerprint density at radius 1 is 1.17 bits per heavy atom. The van der Waals surface area contributed by atoms with Gasteiger partial charge in [-0.15, -0.1) is 0 Å². The zero-order valence-electron chi connectivity index (χ0n) is 11.5. The van der Waals surface area contributed by atoms with Crippen LogP contribution in [-0.4, -0.2) is 19.6 Å². The van der Waals surface area contributed by atoms with Crippen LogP contribution in [0.25, 0.3) is 0 Å².